The Balaban J connectivity index is 1.37. The molecule has 26 heavy (non-hydrogen) atoms. The number of carbonyl (C=O) groups is 1. The van der Waals surface area contributed by atoms with Crippen LogP contribution in [0.1, 0.15) is 21.9 Å². The van der Waals surface area contributed by atoms with Crippen molar-refractivity contribution in [2.75, 3.05) is 6.54 Å². The van der Waals surface area contributed by atoms with Gasteiger partial charge in [-0.3, -0.25) is 4.79 Å². The molecule has 7 heteroatoms. The summed E-state index contributed by atoms with van der Waals surface area (Å²) in [7, 11) is 0. The molecule has 0 aliphatic carbocycles. The molecular weight excluding hydrogens is 389 g/mol. The Labute approximate surface area is 164 Å². The van der Waals surface area contributed by atoms with Crippen LogP contribution in [-0.2, 0) is 6.42 Å². The van der Waals surface area contributed by atoms with Crippen LogP contribution < -0.4 is 5.32 Å². The Morgan fingerprint density at radius 3 is 2.88 bits per heavy atom. The number of thiazole rings is 1. The third-order valence-corrected chi connectivity index (χ3v) is 5.84. The molecule has 2 aromatic heterocycles. The van der Waals surface area contributed by atoms with Crippen molar-refractivity contribution in [1.82, 2.24) is 15.3 Å². The number of aryl methyl sites for hydroxylation is 1. The molecule has 1 amide bonds. The maximum Gasteiger partial charge on any atom is 0.269 e. The molecule has 4 rings (SSSR count). The lowest BCUT2D eigenvalue weighted by Crippen LogP contribution is -2.25. The van der Waals surface area contributed by atoms with Gasteiger partial charge in [0.2, 0.25) is 0 Å². The van der Waals surface area contributed by atoms with Gasteiger partial charge in [-0.15, -0.1) is 11.3 Å². The fourth-order valence-electron chi connectivity index (χ4n) is 2.84. The summed E-state index contributed by atoms with van der Waals surface area (Å²) in [6.45, 7) is 0.557. The number of benzene rings is 2. The molecular formula is C19H15Cl2N3OS. The summed E-state index contributed by atoms with van der Waals surface area (Å²) in [4.78, 5) is 20.1. The molecule has 4 nitrogen and oxygen atoms in total. The first-order chi connectivity index (χ1) is 12.6. The van der Waals surface area contributed by atoms with Crippen LogP contribution in [0, 0.1) is 0 Å². The van der Waals surface area contributed by atoms with E-state index in [1.807, 2.05) is 24.3 Å². The SMILES string of the molecule is O=C(NCCCc1nc2ccccc2s1)c1[nH]c2ccc(Cl)cc2c1Cl. The Bertz CT molecular complexity index is 1070. The van der Waals surface area contributed by atoms with Crippen LogP contribution in [0.5, 0.6) is 0 Å². The van der Waals surface area contributed by atoms with Gasteiger partial charge in [0, 0.05) is 28.9 Å². The molecule has 0 radical (unpaired) electrons. The van der Waals surface area contributed by atoms with Gasteiger partial charge in [0.05, 0.1) is 20.2 Å². The Morgan fingerprint density at radius 1 is 1.19 bits per heavy atom. The van der Waals surface area contributed by atoms with E-state index in [1.54, 1.807) is 23.5 Å². The topological polar surface area (TPSA) is 57.8 Å². The maximum absolute atomic E-state index is 12.4. The molecule has 0 unspecified atom stereocenters. The highest BCUT2D eigenvalue weighted by Crippen LogP contribution is 2.29. The zero-order valence-electron chi connectivity index (χ0n) is 13.7. The average Bonchev–Trinajstić information content (AvgIpc) is 3.19. The Morgan fingerprint density at radius 2 is 2.04 bits per heavy atom. The van der Waals surface area contributed by atoms with E-state index in [1.165, 1.54) is 4.70 Å². The minimum Gasteiger partial charge on any atom is -0.351 e. The van der Waals surface area contributed by atoms with Crippen LogP contribution in [0.4, 0.5) is 0 Å². The van der Waals surface area contributed by atoms with E-state index in [-0.39, 0.29) is 5.91 Å². The standard InChI is InChI=1S/C19H15Cl2N3OS/c20-11-7-8-13-12(10-11)17(21)18(24-13)19(25)22-9-3-6-16-23-14-4-1-2-5-15(14)26-16/h1-2,4-5,7-8,10,24H,3,6,9H2,(H,22,25). The zero-order chi connectivity index (χ0) is 18.1. The Kier molecular flexibility index (Phi) is 4.85. The number of fused-ring (bicyclic) bond motifs is 2. The number of aromatic nitrogens is 2. The van der Waals surface area contributed by atoms with Crippen molar-refractivity contribution in [3.63, 3.8) is 0 Å². The molecule has 0 aliphatic heterocycles. The molecule has 0 spiro atoms. The normalized spacial score (nSPS) is 11.3. The van der Waals surface area contributed by atoms with Gasteiger partial charge >= 0.3 is 0 Å². The summed E-state index contributed by atoms with van der Waals surface area (Å²) in [5.41, 5.74) is 2.18. The monoisotopic (exact) mass is 403 g/mol. The highest BCUT2D eigenvalue weighted by Gasteiger charge is 2.16. The van der Waals surface area contributed by atoms with Gasteiger partial charge in [-0.2, -0.15) is 0 Å². The van der Waals surface area contributed by atoms with Crippen LogP contribution in [0.2, 0.25) is 10.0 Å². The van der Waals surface area contributed by atoms with Gasteiger partial charge in [0.15, 0.2) is 0 Å². The number of carbonyl (C=O) groups excluding carboxylic acids is 1. The summed E-state index contributed by atoms with van der Waals surface area (Å²) in [6.07, 6.45) is 1.64. The number of para-hydroxylation sites is 1. The van der Waals surface area contributed by atoms with Crippen molar-refractivity contribution in [2.24, 2.45) is 0 Å². The van der Waals surface area contributed by atoms with Crippen LogP contribution in [0.15, 0.2) is 42.5 Å². The first-order valence-electron chi connectivity index (χ1n) is 8.21. The molecule has 0 saturated carbocycles. The molecule has 0 bridgehead atoms. The lowest BCUT2D eigenvalue weighted by atomic mass is 10.2. The maximum atomic E-state index is 12.4. The number of hydrogen-bond donors (Lipinski definition) is 2. The Hall–Kier alpha value is -2.08. The van der Waals surface area contributed by atoms with Crippen LogP contribution in [-0.4, -0.2) is 22.4 Å². The van der Waals surface area contributed by atoms with Gasteiger partial charge in [-0.25, -0.2) is 4.98 Å². The summed E-state index contributed by atoms with van der Waals surface area (Å²) in [6, 6.07) is 13.4. The number of halogens is 2. The predicted octanol–water partition coefficient (Wildman–Crippen LogP) is 5.45. The van der Waals surface area contributed by atoms with Crippen molar-refractivity contribution in [1.29, 1.82) is 0 Å². The van der Waals surface area contributed by atoms with Crippen LogP contribution >= 0.6 is 34.5 Å². The quantitative estimate of drug-likeness (QED) is 0.435. The van der Waals surface area contributed by atoms with Crippen LogP contribution in [0.3, 0.4) is 0 Å². The van der Waals surface area contributed by atoms with Gasteiger partial charge < -0.3 is 10.3 Å². The van der Waals surface area contributed by atoms with Gasteiger partial charge in [-0.05, 0) is 36.8 Å². The van der Waals surface area contributed by atoms with Crippen LogP contribution in [0.25, 0.3) is 21.1 Å². The number of H-pyrrole nitrogens is 1. The number of hydrogen-bond acceptors (Lipinski definition) is 3. The fourth-order valence-corrected chi connectivity index (χ4v) is 4.32. The summed E-state index contributed by atoms with van der Waals surface area (Å²) >= 11 is 14.0. The van der Waals surface area contributed by atoms with Gasteiger partial charge in [0.25, 0.3) is 5.91 Å². The van der Waals surface area contributed by atoms with Crippen molar-refractivity contribution < 1.29 is 4.79 Å². The van der Waals surface area contributed by atoms with Crippen molar-refractivity contribution >= 4 is 61.6 Å². The molecule has 4 aromatic rings. The van der Waals surface area contributed by atoms with Crippen molar-refractivity contribution in [3.8, 4) is 0 Å². The summed E-state index contributed by atoms with van der Waals surface area (Å²) in [5, 5.41) is 5.72. The van der Waals surface area contributed by atoms with Crippen molar-refractivity contribution in [2.45, 2.75) is 12.8 Å². The number of amides is 1. The average molecular weight is 404 g/mol. The second-order valence-corrected chi connectivity index (χ2v) is 7.87. The summed E-state index contributed by atoms with van der Waals surface area (Å²) in [5.74, 6) is -0.216. The number of nitrogens with zero attached hydrogens (tertiary/aromatic N) is 1. The molecule has 2 N–H and O–H groups in total. The van der Waals surface area contributed by atoms with E-state index in [9.17, 15) is 4.79 Å². The third-order valence-electron chi connectivity index (χ3n) is 4.12. The second kappa shape index (κ2) is 7.27. The highest BCUT2D eigenvalue weighted by atomic mass is 35.5. The van der Waals surface area contributed by atoms with Gasteiger partial charge in [0.1, 0.15) is 5.69 Å². The zero-order valence-corrected chi connectivity index (χ0v) is 16.0. The van der Waals surface area contributed by atoms with E-state index < -0.39 is 0 Å². The number of aromatic amines is 1. The molecule has 0 fully saturated rings. The van der Waals surface area contributed by atoms with Gasteiger partial charge in [-0.1, -0.05) is 35.3 Å². The van der Waals surface area contributed by atoms with E-state index in [2.05, 4.69) is 21.4 Å². The minimum absolute atomic E-state index is 0.216. The molecule has 0 atom stereocenters. The molecule has 132 valence electrons. The molecule has 0 saturated heterocycles. The lowest BCUT2D eigenvalue weighted by molar-refractivity contribution is 0.0949. The minimum atomic E-state index is -0.216. The predicted molar refractivity (Wildman–Crippen MR) is 109 cm³/mol. The largest absolute Gasteiger partial charge is 0.351 e. The van der Waals surface area contributed by atoms with E-state index in [0.29, 0.717) is 22.3 Å². The van der Waals surface area contributed by atoms with E-state index in [0.717, 1.165) is 34.3 Å². The first kappa shape index (κ1) is 17.3. The molecule has 2 aromatic carbocycles. The highest BCUT2D eigenvalue weighted by molar-refractivity contribution is 7.18. The fraction of sp³-hybridized carbons (Fsp3) is 0.158. The summed E-state index contributed by atoms with van der Waals surface area (Å²) < 4.78 is 1.19. The van der Waals surface area contributed by atoms with E-state index >= 15 is 0 Å². The van der Waals surface area contributed by atoms with Crippen molar-refractivity contribution in [3.05, 3.63) is 63.2 Å². The number of rotatable bonds is 5. The smallest absolute Gasteiger partial charge is 0.269 e. The van der Waals surface area contributed by atoms with E-state index in [4.69, 9.17) is 23.2 Å². The first-order valence-corrected chi connectivity index (χ1v) is 9.78. The lowest BCUT2D eigenvalue weighted by Gasteiger charge is -2.03. The number of nitrogens with one attached hydrogen (secondary N) is 2. The second-order valence-electron chi connectivity index (χ2n) is 5.94. The molecule has 2 heterocycles. The molecule has 0 aliphatic rings. The third kappa shape index (κ3) is 3.43.